The average Bonchev–Trinajstić information content (AvgIpc) is 2.21. The van der Waals surface area contributed by atoms with Gasteiger partial charge in [-0.2, -0.15) is 0 Å². The van der Waals surface area contributed by atoms with Gasteiger partial charge in [-0.1, -0.05) is 18.2 Å². The Morgan fingerprint density at radius 3 is 2.50 bits per heavy atom. The van der Waals surface area contributed by atoms with Gasteiger partial charge in [0.15, 0.2) is 5.75 Å². The fourth-order valence-corrected chi connectivity index (χ4v) is 1.31. The van der Waals surface area contributed by atoms with Gasteiger partial charge in [-0.15, -0.1) is 0 Å². The van der Waals surface area contributed by atoms with E-state index in [4.69, 9.17) is 9.90 Å². The van der Waals surface area contributed by atoms with Gasteiger partial charge in [-0.05, 0) is 6.07 Å². The molecule has 0 unspecified atom stereocenters. The normalized spacial score (nSPS) is 10.6. The fraction of sp³-hybridized carbons (Fsp3) is 0. The van der Waals surface area contributed by atoms with Crippen LogP contribution in [0, 0.1) is 5.82 Å². The van der Waals surface area contributed by atoms with E-state index in [0.29, 0.717) is 0 Å². The number of halogens is 1. The topological polar surface area (TPSA) is 58.7 Å². The van der Waals surface area contributed by atoms with E-state index in [2.05, 4.69) is 0 Å². The highest BCUT2D eigenvalue weighted by atomic mass is 19.1. The number of rotatable bonds is 1. The van der Waals surface area contributed by atoms with E-state index in [-0.39, 0.29) is 11.1 Å². The van der Waals surface area contributed by atoms with Gasteiger partial charge in [0.2, 0.25) is 0 Å². The van der Waals surface area contributed by atoms with Crippen molar-refractivity contribution in [3.63, 3.8) is 0 Å². The van der Waals surface area contributed by atoms with E-state index >= 15 is 0 Å². The SMILES string of the molecule is O=c1c(O)c(-c2ccccc2F)c1=[OH+]. The Morgan fingerprint density at radius 1 is 1.29 bits per heavy atom. The van der Waals surface area contributed by atoms with E-state index in [0.717, 1.165) is 0 Å². The maximum atomic E-state index is 13.2. The molecule has 0 aliphatic heterocycles. The van der Waals surface area contributed by atoms with E-state index in [1.807, 2.05) is 0 Å². The van der Waals surface area contributed by atoms with Gasteiger partial charge in [0.1, 0.15) is 11.4 Å². The zero-order valence-electron chi connectivity index (χ0n) is 6.99. The van der Waals surface area contributed by atoms with Gasteiger partial charge < -0.3 is 5.11 Å². The second-order valence-electron chi connectivity index (χ2n) is 2.88. The van der Waals surface area contributed by atoms with E-state index in [1.165, 1.54) is 18.2 Å². The van der Waals surface area contributed by atoms with Crippen molar-refractivity contribution in [2.45, 2.75) is 0 Å². The van der Waals surface area contributed by atoms with E-state index in [1.54, 1.807) is 6.07 Å². The molecule has 0 atom stereocenters. The first-order chi connectivity index (χ1) is 6.63. The molecule has 0 heterocycles. The van der Waals surface area contributed by atoms with E-state index < -0.39 is 22.4 Å². The van der Waals surface area contributed by atoms with Crippen LogP contribution in [0.4, 0.5) is 4.39 Å². The lowest BCUT2D eigenvalue weighted by molar-refractivity contribution is 0.448. The van der Waals surface area contributed by atoms with Crippen molar-refractivity contribution < 1.29 is 14.3 Å². The van der Waals surface area contributed by atoms with Crippen LogP contribution >= 0.6 is 0 Å². The lowest BCUT2D eigenvalue weighted by Gasteiger charge is -2.02. The summed E-state index contributed by atoms with van der Waals surface area (Å²) in [5, 5.41) is 9.11. The first kappa shape index (κ1) is 8.62. The van der Waals surface area contributed by atoms with Crippen LogP contribution in [0.25, 0.3) is 11.1 Å². The third-order valence-electron chi connectivity index (χ3n) is 2.05. The van der Waals surface area contributed by atoms with Crippen molar-refractivity contribution in [2.24, 2.45) is 0 Å². The van der Waals surface area contributed by atoms with Crippen LogP contribution in [0.5, 0.6) is 5.75 Å². The number of aromatic hydroxyl groups is 1. The van der Waals surface area contributed by atoms with Crippen molar-refractivity contribution in [1.82, 2.24) is 0 Å². The van der Waals surface area contributed by atoms with Crippen LogP contribution in [-0.2, 0) is 0 Å². The highest BCUT2D eigenvalue weighted by Crippen LogP contribution is 2.25. The molecule has 0 saturated carbocycles. The summed E-state index contributed by atoms with van der Waals surface area (Å²) in [5.41, 5.74) is -1.52. The smallest absolute Gasteiger partial charge is 0.402 e. The molecule has 3 nitrogen and oxygen atoms in total. The summed E-state index contributed by atoms with van der Waals surface area (Å²) in [6, 6.07) is 5.60. The van der Waals surface area contributed by atoms with Gasteiger partial charge in [-0.3, -0.25) is 9.59 Å². The van der Waals surface area contributed by atoms with Crippen LogP contribution in [0.1, 0.15) is 0 Å². The Hall–Kier alpha value is -1.97. The summed E-state index contributed by atoms with van der Waals surface area (Å²) in [6.45, 7) is 0. The molecule has 0 aromatic heterocycles. The van der Waals surface area contributed by atoms with Crippen molar-refractivity contribution >= 4 is 0 Å². The lowest BCUT2D eigenvalue weighted by atomic mass is 10.00. The molecule has 0 bridgehead atoms. The molecule has 0 saturated heterocycles. The molecular weight excluding hydrogens is 187 g/mol. The first-order valence-corrected chi connectivity index (χ1v) is 3.92. The number of hydrogen-bond acceptors (Lipinski definition) is 2. The highest BCUT2D eigenvalue weighted by Gasteiger charge is 2.28. The van der Waals surface area contributed by atoms with Crippen molar-refractivity contribution in [3.8, 4) is 16.9 Å². The third-order valence-corrected chi connectivity index (χ3v) is 2.05. The Kier molecular flexibility index (Phi) is 1.70. The second-order valence-corrected chi connectivity index (χ2v) is 2.88. The molecule has 2 aromatic rings. The Morgan fingerprint density at radius 2 is 1.93 bits per heavy atom. The summed E-state index contributed by atoms with van der Waals surface area (Å²) in [5.74, 6) is -1.18. The molecule has 2 N–H and O–H groups in total. The zero-order valence-corrected chi connectivity index (χ0v) is 6.99. The van der Waals surface area contributed by atoms with Gasteiger partial charge in [0, 0.05) is 5.56 Å². The van der Waals surface area contributed by atoms with Crippen molar-refractivity contribution in [3.05, 3.63) is 45.7 Å². The van der Waals surface area contributed by atoms with Crippen LogP contribution in [-0.4, -0.2) is 9.90 Å². The van der Waals surface area contributed by atoms with Crippen molar-refractivity contribution in [2.75, 3.05) is 0 Å². The quantitative estimate of drug-likeness (QED) is 0.527. The molecule has 2 rings (SSSR count). The van der Waals surface area contributed by atoms with Gasteiger partial charge >= 0.3 is 10.9 Å². The summed E-state index contributed by atoms with van der Waals surface area (Å²) in [6.07, 6.45) is 0. The minimum atomic E-state index is -0.844. The molecule has 70 valence electrons. The second kappa shape index (κ2) is 2.77. The molecule has 2 aromatic carbocycles. The Balaban J connectivity index is 2.69. The summed E-state index contributed by atoms with van der Waals surface area (Å²) in [4.78, 5) is 19.8. The standard InChI is InChI=1S/C10H5FO3/c11-6-4-2-1-3-5(6)7-8(12)10(14)9(7)13/h1-4,12H/p+1. The monoisotopic (exact) mass is 193 g/mol. The summed E-state index contributed by atoms with van der Waals surface area (Å²) in [7, 11) is 0. The van der Waals surface area contributed by atoms with Crippen molar-refractivity contribution in [1.29, 1.82) is 0 Å². The molecule has 14 heavy (non-hydrogen) atoms. The summed E-state index contributed by atoms with van der Waals surface area (Å²) >= 11 is 0. The molecule has 0 radical (unpaired) electrons. The van der Waals surface area contributed by atoms with Crippen LogP contribution in [0.15, 0.2) is 29.1 Å². The Labute approximate surface area is 77.8 Å². The molecule has 4 heteroatoms. The van der Waals surface area contributed by atoms with Gasteiger partial charge in [0.05, 0.1) is 0 Å². The molecule has 0 fully saturated rings. The maximum Gasteiger partial charge on any atom is 0.402 e. The zero-order chi connectivity index (χ0) is 10.3. The van der Waals surface area contributed by atoms with Gasteiger partial charge in [-0.25, -0.2) is 4.39 Å². The van der Waals surface area contributed by atoms with Crippen LogP contribution in [0.3, 0.4) is 0 Å². The lowest BCUT2D eigenvalue weighted by Crippen LogP contribution is -2.33. The summed E-state index contributed by atoms with van der Waals surface area (Å²) < 4.78 is 13.2. The molecule has 0 aliphatic carbocycles. The minimum Gasteiger partial charge on any atom is -0.503 e. The first-order valence-electron chi connectivity index (χ1n) is 3.92. The molecule has 0 spiro atoms. The predicted molar refractivity (Wildman–Crippen MR) is 47.2 cm³/mol. The Bertz CT molecular complexity index is 565. The van der Waals surface area contributed by atoms with Crippen LogP contribution in [0.2, 0.25) is 0 Å². The maximum absolute atomic E-state index is 13.2. The van der Waals surface area contributed by atoms with Gasteiger partial charge in [0.25, 0.3) is 0 Å². The number of benzene rings is 1. The average molecular weight is 193 g/mol. The highest BCUT2D eigenvalue weighted by molar-refractivity contribution is 5.73. The van der Waals surface area contributed by atoms with E-state index in [9.17, 15) is 9.18 Å². The predicted octanol–water partition coefficient (Wildman–Crippen LogP) is 0.439. The van der Waals surface area contributed by atoms with Crippen LogP contribution < -0.4 is 10.9 Å². The minimum absolute atomic E-state index is 0.0297. The molecular formula is C10H6FO3+. The number of hydrogen-bond donors (Lipinski definition) is 1. The molecule has 0 amide bonds. The third kappa shape index (κ3) is 0.970. The molecule has 0 aliphatic rings. The largest absolute Gasteiger partial charge is 0.503 e. The fourth-order valence-electron chi connectivity index (χ4n) is 1.31.